The quantitative estimate of drug-likeness (QED) is 0.924. The van der Waals surface area contributed by atoms with Crippen LogP contribution in [0.3, 0.4) is 0 Å². The number of carbonyl (C=O) groups is 1. The first-order valence-corrected chi connectivity index (χ1v) is 8.39. The molecule has 2 atom stereocenters. The minimum absolute atomic E-state index is 0.266. The second-order valence-corrected chi connectivity index (χ2v) is 7.05. The molecule has 6 heteroatoms. The van der Waals surface area contributed by atoms with Crippen LogP contribution in [0.5, 0.6) is 0 Å². The van der Waals surface area contributed by atoms with E-state index in [4.69, 9.17) is 0 Å². The summed E-state index contributed by atoms with van der Waals surface area (Å²) in [6, 6.07) is 0. The highest BCUT2D eigenvalue weighted by Gasteiger charge is 2.23. The Balaban J connectivity index is 2.38. The van der Waals surface area contributed by atoms with Crippen LogP contribution in [0.15, 0.2) is 4.79 Å². The third-order valence-corrected chi connectivity index (χ3v) is 5.52. The molecule has 0 radical (unpaired) electrons. The molecule has 2 unspecified atom stereocenters. The normalized spacial score (nSPS) is 20.2. The van der Waals surface area contributed by atoms with E-state index < -0.39 is 11.9 Å². The van der Waals surface area contributed by atoms with Crippen molar-refractivity contribution < 1.29 is 9.90 Å². The summed E-state index contributed by atoms with van der Waals surface area (Å²) < 4.78 is 1.66. The molecule has 0 aromatic carbocycles. The van der Waals surface area contributed by atoms with Gasteiger partial charge >= 0.3 is 11.7 Å². The van der Waals surface area contributed by atoms with Gasteiger partial charge < -0.3 is 5.11 Å². The van der Waals surface area contributed by atoms with Crippen molar-refractivity contribution in [2.45, 2.75) is 57.7 Å². The smallest absolute Gasteiger partial charge is 0.348 e. The van der Waals surface area contributed by atoms with Crippen LogP contribution in [0.25, 0.3) is 0 Å². The Morgan fingerprint density at radius 2 is 2.19 bits per heavy atom. The number of rotatable bonds is 4. The minimum Gasteiger partial charge on any atom is -0.481 e. The number of aliphatic carboxylic acids is 1. The Labute approximate surface area is 128 Å². The van der Waals surface area contributed by atoms with E-state index in [2.05, 4.69) is 4.98 Å². The van der Waals surface area contributed by atoms with Gasteiger partial charge in [-0.3, -0.25) is 9.36 Å². The second-order valence-electron chi connectivity index (χ2n) is 5.64. The maximum Gasteiger partial charge on any atom is 0.348 e. The molecule has 21 heavy (non-hydrogen) atoms. The molecule has 2 rings (SSSR count). The lowest BCUT2D eigenvalue weighted by Gasteiger charge is -2.24. The van der Waals surface area contributed by atoms with Crippen LogP contribution >= 0.6 is 11.8 Å². The summed E-state index contributed by atoms with van der Waals surface area (Å²) in [6.45, 7) is 5.81. The van der Waals surface area contributed by atoms with Crippen LogP contribution in [0.4, 0.5) is 0 Å². The Hall–Kier alpha value is -1.30. The molecule has 1 N–H and O–H groups in total. The Morgan fingerprint density at radius 3 is 2.76 bits per heavy atom. The highest BCUT2D eigenvalue weighted by Crippen LogP contribution is 2.27. The molecule has 1 fully saturated rings. The number of nitrogens with zero attached hydrogens (tertiary/aromatic N) is 2. The van der Waals surface area contributed by atoms with Crippen molar-refractivity contribution in [2.24, 2.45) is 0 Å². The van der Waals surface area contributed by atoms with Crippen LogP contribution in [-0.4, -0.2) is 31.6 Å². The Morgan fingerprint density at radius 1 is 1.48 bits per heavy atom. The fourth-order valence-electron chi connectivity index (χ4n) is 2.93. The zero-order valence-electron chi connectivity index (χ0n) is 12.8. The van der Waals surface area contributed by atoms with E-state index in [-0.39, 0.29) is 5.69 Å². The topological polar surface area (TPSA) is 72.2 Å². The van der Waals surface area contributed by atoms with E-state index in [0.29, 0.717) is 23.1 Å². The van der Waals surface area contributed by atoms with E-state index in [1.165, 1.54) is 12.8 Å². The summed E-state index contributed by atoms with van der Waals surface area (Å²) in [6.07, 6.45) is 3.54. The lowest BCUT2D eigenvalue weighted by Crippen LogP contribution is -2.33. The molecule has 0 saturated carbocycles. The molecular weight excluding hydrogens is 288 g/mol. The predicted molar refractivity (Wildman–Crippen MR) is 84.1 cm³/mol. The van der Waals surface area contributed by atoms with Gasteiger partial charge in [0.1, 0.15) is 0 Å². The Kier molecular flexibility index (Phi) is 5.08. The summed E-state index contributed by atoms with van der Waals surface area (Å²) in [5.74, 6) is -0.403. The largest absolute Gasteiger partial charge is 0.481 e. The van der Waals surface area contributed by atoms with Gasteiger partial charge in [0.25, 0.3) is 0 Å². The number of thioether (sulfide) groups is 1. The van der Waals surface area contributed by atoms with Crippen molar-refractivity contribution in [2.75, 3.05) is 5.75 Å². The fraction of sp³-hybridized carbons (Fsp3) is 0.667. The molecule has 1 aromatic rings. The Bertz CT molecular complexity index is 591. The second kappa shape index (κ2) is 6.64. The van der Waals surface area contributed by atoms with Gasteiger partial charge in [-0.05, 0) is 39.4 Å². The van der Waals surface area contributed by atoms with Gasteiger partial charge in [0, 0.05) is 28.7 Å². The molecule has 1 saturated heterocycles. The average Bonchev–Trinajstić information content (AvgIpc) is 2.44. The summed E-state index contributed by atoms with van der Waals surface area (Å²) in [7, 11) is 0. The molecule has 5 nitrogen and oxygen atoms in total. The highest BCUT2D eigenvalue weighted by atomic mass is 32.2. The van der Waals surface area contributed by atoms with E-state index in [9.17, 15) is 14.7 Å². The van der Waals surface area contributed by atoms with Crippen LogP contribution in [0.1, 0.15) is 49.1 Å². The molecule has 1 aliphatic heterocycles. The van der Waals surface area contributed by atoms with Crippen molar-refractivity contribution in [3.05, 3.63) is 27.4 Å². The van der Waals surface area contributed by atoms with Crippen molar-refractivity contribution in [1.82, 2.24) is 9.55 Å². The van der Waals surface area contributed by atoms with Crippen LogP contribution in [0.2, 0.25) is 0 Å². The minimum atomic E-state index is -0.889. The molecule has 1 aliphatic rings. The number of hydrogen-bond donors (Lipinski definition) is 1. The SMILES string of the molecule is Cc1nc(=O)n(CC2CCCCS2)c(C)c1C(C)C(=O)O. The van der Waals surface area contributed by atoms with Crippen LogP contribution in [-0.2, 0) is 11.3 Å². The van der Waals surface area contributed by atoms with Crippen molar-refractivity contribution in [1.29, 1.82) is 0 Å². The van der Waals surface area contributed by atoms with E-state index in [0.717, 1.165) is 17.9 Å². The van der Waals surface area contributed by atoms with Crippen molar-refractivity contribution in [3.63, 3.8) is 0 Å². The molecular formula is C15H22N2O3S. The lowest BCUT2D eigenvalue weighted by atomic mass is 9.98. The summed E-state index contributed by atoms with van der Waals surface area (Å²) in [4.78, 5) is 27.5. The first-order valence-electron chi connectivity index (χ1n) is 7.34. The number of aryl methyl sites for hydroxylation is 1. The number of carboxylic acid groups (broad SMARTS) is 1. The number of hydrogen-bond acceptors (Lipinski definition) is 4. The van der Waals surface area contributed by atoms with Crippen molar-refractivity contribution >= 4 is 17.7 Å². The van der Waals surface area contributed by atoms with E-state index >= 15 is 0 Å². The standard InChI is InChI=1S/C15H22N2O3S/c1-9(14(18)19)13-10(2)16-15(20)17(11(13)3)8-12-6-4-5-7-21-12/h9,12H,4-8H2,1-3H3,(H,18,19). The maximum absolute atomic E-state index is 12.2. The van der Waals surface area contributed by atoms with Crippen LogP contribution < -0.4 is 5.69 Å². The highest BCUT2D eigenvalue weighted by molar-refractivity contribution is 7.99. The van der Waals surface area contributed by atoms with Gasteiger partial charge in [-0.15, -0.1) is 0 Å². The van der Waals surface area contributed by atoms with Gasteiger partial charge in [0.2, 0.25) is 0 Å². The fourth-order valence-corrected chi connectivity index (χ4v) is 4.23. The molecule has 116 valence electrons. The third kappa shape index (κ3) is 3.48. The summed E-state index contributed by atoms with van der Waals surface area (Å²) >= 11 is 1.90. The van der Waals surface area contributed by atoms with Gasteiger partial charge in [0.05, 0.1) is 5.92 Å². The molecule has 0 bridgehead atoms. The summed E-state index contributed by atoms with van der Waals surface area (Å²) in [5, 5.41) is 9.67. The molecule has 0 amide bonds. The first-order chi connectivity index (χ1) is 9.91. The average molecular weight is 310 g/mol. The monoisotopic (exact) mass is 310 g/mol. The molecule has 0 aliphatic carbocycles. The maximum atomic E-state index is 12.2. The molecule has 2 heterocycles. The number of carboxylic acids is 1. The molecule has 0 spiro atoms. The number of aromatic nitrogens is 2. The van der Waals surface area contributed by atoms with Crippen LogP contribution in [0, 0.1) is 13.8 Å². The van der Waals surface area contributed by atoms with Gasteiger partial charge in [-0.25, -0.2) is 4.79 Å². The summed E-state index contributed by atoms with van der Waals surface area (Å²) in [5.41, 5.74) is 1.67. The van der Waals surface area contributed by atoms with Gasteiger partial charge in [0.15, 0.2) is 0 Å². The van der Waals surface area contributed by atoms with Gasteiger partial charge in [-0.1, -0.05) is 6.42 Å². The molecule has 1 aromatic heterocycles. The van der Waals surface area contributed by atoms with Crippen molar-refractivity contribution in [3.8, 4) is 0 Å². The van der Waals surface area contributed by atoms with Gasteiger partial charge in [-0.2, -0.15) is 16.7 Å². The predicted octanol–water partition coefficient (Wildman–Crippen LogP) is 2.33. The third-order valence-electron chi connectivity index (χ3n) is 4.14. The zero-order chi connectivity index (χ0) is 15.6. The lowest BCUT2D eigenvalue weighted by molar-refractivity contribution is -0.138. The zero-order valence-corrected chi connectivity index (χ0v) is 13.6. The van der Waals surface area contributed by atoms with E-state index in [1.54, 1.807) is 18.4 Å². The van der Waals surface area contributed by atoms with E-state index in [1.807, 2.05) is 18.7 Å². The first kappa shape index (κ1) is 16.1.